The average molecular weight is 245 g/mol. The summed E-state index contributed by atoms with van der Waals surface area (Å²) in [6.07, 6.45) is 1.28. The Labute approximate surface area is 108 Å². The molecule has 18 heavy (non-hydrogen) atoms. The Hall–Kier alpha value is -1.74. The summed E-state index contributed by atoms with van der Waals surface area (Å²) in [6.45, 7) is 5.56. The van der Waals surface area contributed by atoms with Gasteiger partial charge in [0.15, 0.2) is 0 Å². The molecule has 3 nitrogen and oxygen atoms in total. The third kappa shape index (κ3) is 2.93. The minimum Gasteiger partial charge on any atom is -0.467 e. The third-order valence-electron chi connectivity index (χ3n) is 3.05. The van der Waals surface area contributed by atoms with E-state index >= 15 is 0 Å². The van der Waals surface area contributed by atoms with Crippen molar-refractivity contribution in [3.05, 3.63) is 54.0 Å². The molecule has 1 aromatic carbocycles. The number of benzene rings is 1. The van der Waals surface area contributed by atoms with Crippen LogP contribution in [-0.2, 0) is 6.54 Å². The molecule has 1 aromatic heterocycles. The Morgan fingerprint density at radius 2 is 1.94 bits per heavy atom. The van der Waals surface area contributed by atoms with E-state index in [1.54, 1.807) is 13.2 Å². The molecule has 0 unspecified atom stereocenters. The number of aliphatic hydroxyl groups is 1. The van der Waals surface area contributed by atoms with Gasteiger partial charge in [-0.2, -0.15) is 0 Å². The first-order valence-corrected chi connectivity index (χ1v) is 6.26. The summed E-state index contributed by atoms with van der Waals surface area (Å²) in [7, 11) is 0. The van der Waals surface area contributed by atoms with Crippen LogP contribution in [0.5, 0.6) is 0 Å². The molecule has 0 aliphatic carbocycles. The van der Waals surface area contributed by atoms with E-state index < -0.39 is 6.10 Å². The quantitative estimate of drug-likeness (QED) is 0.877. The fraction of sp³-hybridized carbons (Fsp3) is 0.333. The highest BCUT2D eigenvalue weighted by Gasteiger charge is 2.08. The van der Waals surface area contributed by atoms with Gasteiger partial charge in [0.2, 0.25) is 0 Å². The Morgan fingerprint density at radius 1 is 1.22 bits per heavy atom. The third-order valence-corrected chi connectivity index (χ3v) is 3.05. The Morgan fingerprint density at radius 3 is 2.44 bits per heavy atom. The van der Waals surface area contributed by atoms with Crippen LogP contribution in [0.3, 0.4) is 0 Å². The zero-order valence-corrected chi connectivity index (χ0v) is 10.8. The maximum atomic E-state index is 9.49. The van der Waals surface area contributed by atoms with Crippen LogP contribution >= 0.6 is 0 Å². The van der Waals surface area contributed by atoms with E-state index in [2.05, 4.69) is 11.8 Å². The molecule has 0 saturated heterocycles. The van der Waals surface area contributed by atoms with Gasteiger partial charge in [-0.25, -0.2) is 0 Å². The number of hydrogen-bond donors (Lipinski definition) is 1. The van der Waals surface area contributed by atoms with Crippen LogP contribution in [0.25, 0.3) is 0 Å². The van der Waals surface area contributed by atoms with Crippen LogP contribution in [0.1, 0.15) is 31.3 Å². The van der Waals surface area contributed by atoms with E-state index in [9.17, 15) is 5.11 Å². The van der Waals surface area contributed by atoms with Gasteiger partial charge in [0, 0.05) is 12.2 Å². The lowest BCUT2D eigenvalue weighted by Gasteiger charge is -2.22. The molecule has 96 valence electrons. The van der Waals surface area contributed by atoms with Crippen molar-refractivity contribution in [3.8, 4) is 0 Å². The van der Waals surface area contributed by atoms with Crippen molar-refractivity contribution in [2.45, 2.75) is 26.5 Å². The van der Waals surface area contributed by atoms with Gasteiger partial charge in [-0.05, 0) is 43.7 Å². The summed E-state index contributed by atoms with van der Waals surface area (Å²) in [6, 6.07) is 11.9. The molecule has 0 bridgehead atoms. The first kappa shape index (κ1) is 12.7. The molecule has 0 radical (unpaired) electrons. The first-order chi connectivity index (χ1) is 8.70. The molecule has 0 fully saturated rings. The SMILES string of the molecule is CCN(Cc1ccco1)c1ccc([C@H](C)O)cc1. The lowest BCUT2D eigenvalue weighted by atomic mass is 10.1. The molecule has 3 heteroatoms. The molecule has 2 aromatic rings. The smallest absolute Gasteiger partial charge is 0.123 e. The number of hydrogen-bond acceptors (Lipinski definition) is 3. The van der Waals surface area contributed by atoms with E-state index in [1.807, 2.05) is 36.4 Å². The molecular formula is C15H19NO2. The van der Waals surface area contributed by atoms with Crippen molar-refractivity contribution in [1.82, 2.24) is 0 Å². The van der Waals surface area contributed by atoms with Crippen LogP contribution in [-0.4, -0.2) is 11.7 Å². The summed E-state index contributed by atoms with van der Waals surface area (Å²) in [4.78, 5) is 2.23. The van der Waals surface area contributed by atoms with Gasteiger partial charge in [-0.15, -0.1) is 0 Å². The van der Waals surface area contributed by atoms with Crippen molar-refractivity contribution < 1.29 is 9.52 Å². The maximum absolute atomic E-state index is 9.49. The fourth-order valence-electron chi connectivity index (χ4n) is 1.94. The van der Waals surface area contributed by atoms with E-state index in [4.69, 9.17) is 4.42 Å². The molecule has 0 aliphatic rings. The lowest BCUT2D eigenvalue weighted by Crippen LogP contribution is -2.21. The van der Waals surface area contributed by atoms with Gasteiger partial charge in [0.05, 0.1) is 18.9 Å². The second kappa shape index (κ2) is 5.74. The monoisotopic (exact) mass is 245 g/mol. The van der Waals surface area contributed by atoms with Crippen molar-refractivity contribution in [3.63, 3.8) is 0 Å². The Bertz CT molecular complexity index is 460. The number of anilines is 1. The second-order valence-electron chi connectivity index (χ2n) is 4.36. The maximum Gasteiger partial charge on any atom is 0.123 e. The number of nitrogens with zero attached hydrogens (tertiary/aromatic N) is 1. The van der Waals surface area contributed by atoms with E-state index in [0.717, 1.165) is 30.1 Å². The minimum atomic E-state index is -0.417. The highest BCUT2D eigenvalue weighted by molar-refractivity contribution is 5.48. The summed E-state index contributed by atoms with van der Waals surface area (Å²) in [5, 5.41) is 9.49. The van der Waals surface area contributed by atoms with Crippen LogP contribution in [0.2, 0.25) is 0 Å². The van der Waals surface area contributed by atoms with Crippen LogP contribution in [0.4, 0.5) is 5.69 Å². The zero-order valence-electron chi connectivity index (χ0n) is 10.8. The lowest BCUT2D eigenvalue weighted by molar-refractivity contribution is 0.199. The standard InChI is InChI=1S/C15H19NO2/c1-3-16(11-15-5-4-10-18-15)14-8-6-13(7-9-14)12(2)17/h4-10,12,17H,3,11H2,1-2H3/t12-/m0/s1. The molecule has 0 aliphatic heterocycles. The number of rotatable bonds is 5. The molecule has 0 amide bonds. The van der Waals surface area contributed by atoms with Gasteiger partial charge < -0.3 is 14.4 Å². The molecule has 0 saturated carbocycles. The Kier molecular flexibility index (Phi) is 4.05. The minimum absolute atomic E-state index is 0.417. The molecule has 1 heterocycles. The molecule has 2 rings (SSSR count). The predicted molar refractivity (Wildman–Crippen MR) is 72.5 cm³/mol. The van der Waals surface area contributed by atoms with Gasteiger partial charge in [0.1, 0.15) is 5.76 Å². The normalized spacial score (nSPS) is 12.4. The number of furan rings is 1. The average Bonchev–Trinajstić information content (AvgIpc) is 2.89. The summed E-state index contributed by atoms with van der Waals surface area (Å²) in [5.41, 5.74) is 2.08. The zero-order chi connectivity index (χ0) is 13.0. The van der Waals surface area contributed by atoms with E-state index in [1.165, 1.54) is 0 Å². The van der Waals surface area contributed by atoms with E-state index in [-0.39, 0.29) is 0 Å². The fourth-order valence-corrected chi connectivity index (χ4v) is 1.94. The summed E-state index contributed by atoms with van der Waals surface area (Å²) in [5.74, 6) is 0.955. The summed E-state index contributed by atoms with van der Waals surface area (Å²) < 4.78 is 5.37. The predicted octanol–water partition coefficient (Wildman–Crippen LogP) is 3.36. The Balaban J connectivity index is 2.12. The highest BCUT2D eigenvalue weighted by atomic mass is 16.3. The largest absolute Gasteiger partial charge is 0.467 e. The van der Waals surface area contributed by atoms with Gasteiger partial charge in [0.25, 0.3) is 0 Å². The molecule has 0 spiro atoms. The highest BCUT2D eigenvalue weighted by Crippen LogP contribution is 2.20. The van der Waals surface area contributed by atoms with Gasteiger partial charge >= 0.3 is 0 Å². The van der Waals surface area contributed by atoms with Crippen molar-refractivity contribution in [2.24, 2.45) is 0 Å². The van der Waals surface area contributed by atoms with Crippen LogP contribution in [0.15, 0.2) is 47.1 Å². The molecule has 1 atom stereocenters. The number of aliphatic hydroxyl groups excluding tert-OH is 1. The van der Waals surface area contributed by atoms with Crippen molar-refractivity contribution in [1.29, 1.82) is 0 Å². The van der Waals surface area contributed by atoms with Crippen LogP contribution in [0, 0.1) is 0 Å². The first-order valence-electron chi connectivity index (χ1n) is 6.26. The molecular weight excluding hydrogens is 226 g/mol. The van der Waals surface area contributed by atoms with Crippen molar-refractivity contribution >= 4 is 5.69 Å². The second-order valence-corrected chi connectivity index (χ2v) is 4.36. The van der Waals surface area contributed by atoms with Crippen LogP contribution < -0.4 is 4.90 Å². The molecule has 1 N–H and O–H groups in total. The topological polar surface area (TPSA) is 36.6 Å². The van der Waals surface area contributed by atoms with Crippen molar-refractivity contribution in [2.75, 3.05) is 11.4 Å². The van der Waals surface area contributed by atoms with Gasteiger partial charge in [-0.3, -0.25) is 0 Å². The summed E-state index contributed by atoms with van der Waals surface area (Å²) >= 11 is 0. The van der Waals surface area contributed by atoms with Gasteiger partial charge in [-0.1, -0.05) is 12.1 Å². The van der Waals surface area contributed by atoms with E-state index in [0.29, 0.717) is 0 Å².